The van der Waals surface area contributed by atoms with Crippen LogP contribution in [0.2, 0.25) is 0 Å². The van der Waals surface area contributed by atoms with Crippen LogP contribution in [0.3, 0.4) is 0 Å². The Hall–Kier alpha value is -2.85. The maximum Gasteiger partial charge on any atom is 0.223 e. The van der Waals surface area contributed by atoms with E-state index in [1.54, 1.807) is 12.3 Å². The third kappa shape index (κ3) is 3.60. The molecule has 28 heavy (non-hydrogen) atoms. The molecule has 0 amide bonds. The van der Waals surface area contributed by atoms with Gasteiger partial charge in [-0.1, -0.05) is 60.7 Å². The molecule has 0 bridgehead atoms. The molecule has 144 valence electrons. The lowest BCUT2D eigenvalue weighted by molar-refractivity contribution is 0.159. The summed E-state index contributed by atoms with van der Waals surface area (Å²) in [5.74, 6) is 0.352. The maximum absolute atomic E-state index is 12.1. The largest absolute Gasteiger partial charge is 0.491 e. The van der Waals surface area contributed by atoms with E-state index in [-0.39, 0.29) is 10.8 Å². The zero-order valence-electron chi connectivity index (χ0n) is 16.2. The molecule has 0 unspecified atom stereocenters. The van der Waals surface area contributed by atoms with Crippen LogP contribution in [-0.4, -0.2) is 30.1 Å². The summed E-state index contributed by atoms with van der Waals surface area (Å²) in [7, 11) is 1.52. The number of pyridine rings is 1. The molecule has 2 aromatic carbocycles. The van der Waals surface area contributed by atoms with Crippen LogP contribution in [0.4, 0.5) is 0 Å². The van der Waals surface area contributed by atoms with Crippen LogP contribution in [0, 0.1) is 0 Å². The monoisotopic (exact) mass is 374 g/mol. The van der Waals surface area contributed by atoms with Crippen molar-refractivity contribution in [1.29, 1.82) is 0 Å². The molecule has 4 rings (SSSR count). The SMILES string of the molecule is COc1c[nH]c(CN2CCCC(c3ccccc3)(c3ccccc3)C2)cc1=O. The fraction of sp³-hybridized carbons (Fsp3) is 0.292. The smallest absolute Gasteiger partial charge is 0.223 e. The number of hydrogen-bond acceptors (Lipinski definition) is 3. The van der Waals surface area contributed by atoms with E-state index in [2.05, 4.69) is 70.5 Å². The van der Waals surface area contributed by atoms with Crippen molar-refractivity contribution >= 4 is 0 Å². The van der Waals surface area contributed by atoms with Gasteiger partial charge >= 0.3 is 0 Å². The normalized spacial score (nSPS) is 16.6. The second-order valence-corrected chi connectivity index (χ2v) is 7.52. The van der Waals surface area contributed by atoms with E-state index in [4.69, 9.17) is 4.74 Å². The predicted octanol–water partition coefficient (Wildman–Crippen LogP) is 3.97. The van der Waals surface area contributed by atoms with E-state index >= 15 is 0 Å². The molecule has 0 saturated carbocycles. The van der Waals surface area contributed by atoms with Gasteiger partial charge in [-0.05, 0) is 30.5 Å². The van der Waals surface area contributed by atoms with Gasteiger partial charge < -0.3 is 9.72 Å². The Kier molecular flexibility index (Phi) is 5.31. The zero-order chi connectivity index (χ0) is 19.4. The Morgan fingerprint density at radius 1 is 1.04 bits per heavy atom. The van der Waals surface area contributed by atoms with Crippen LogP contribution in [0.15, 0.2) is 77.7 Å². The standard InChI is InChI=1S/C24H26N2O2/c1-28-23-16-25-21(15-22(23)27)17-26-14-8-13-24(18-26,19-9-4-2-5-10-19)20-11-6-3-7-12-20/h2-7,9-12,15-16H,8,13-14,17-18H2,1H3,(H,25,27). The summed E-state index contributed by atoms with van der Waals surface area (Å²) in [5.41, 5.74) is 3.52. The molecule has 1 aliphatic rings. The van der Waals surface area contributed by atoms with Gasteiger partial charge in [-0.15, -0.1) is 0 Å². The van der Waals surface area contributed by atoms with Crippen LogP contribution in [0.5, 0.6) is 5.75 Å². The molecule has 1 fully saturated rings. The lowest BCUT2D eigenvalue weighted by Gasteiger charge is -2.44. The lowest BCUT2D eigenvalue weighted by atomic mass is 9.69. The molecule has 1 N–H and O–H groups in total. The van der Waals surface area contributed by atoms with Crippen molar-refractivity contribution in [2.24, 2.45) is 0 Å². The van der Waals surface area contributed by atoms with E-state index < -0.39 is 0 Å². The van der Waals surface area contributed by atoms with Crippen molar-refractivity contribution in [2.75, 3.05) is 20.2 Å². The van der Waals surface area contributed by atoms with Gasteiger partial charge in [-0.3, -0.25) is 9.69 Å². The number of H-pyrrole nitrogens is 1. The molecule has 0 spiro atoms. The Morgan fingerprint density at radius 2 is 1.68 bits per heavy atom. The number of piperidine rings is 1. The Bertz CT molecular complexity index is 927. The number of nitrogens with one attached hydrogen (secondary N) is 1. The van der Waals surface area contributed by atoms with Crippen molar-refractivity contribution in [3.63, 3.8) is 0 Å². The third-order valence-electron chi connectivity index (χ3n) is 5.77. The molecule has 1 aromatic heterocycles. The first kappa shape index (κ1) is 18.5. The number of nitrogens with zero attached hydrogens (tertiary/aromatic N) is 1. The number of rotatable bonds is 5. The van der Waals surface area contributed by atoms with Crippen molar-refractivity contribution in [3.05, 3.63) is 100.0 Å². The zero-order valence-corrected chi connectivity index (χ0v) is 16.2. The van der Waals surface area contributed by atoms with E-state index in [0.717, 1.165) is 38.2 Å². The Morgan fingerprint density at radius 3 is 2.25 bits per heavy atom. The number of likely N-dealkylation sites (tertiary alicyclic amines) is 1. The van der Waals surface area contributed by atoms with E-state index in [9.17, 15) is 4.79 Å². The topological polar surface area (TPSA) is 45.3 Å². The molecular formula is C24H26N2O2. The highest BCUT2D eigenvalue weighted by molar-refractivity contribution is 5.40. The van der Waals surface area contributed by atoms with Crippen molar-refractivity contribution in [2.45, 2.75) is 24.8 Å². The molecule has 1 saturated heterocycles. The Labute approximate surface area is 165 Å². The summed E-state index contributed by atoms with van der Waals surface area (Å²) in [6.45, 7) is 2.67. The van der Waals surface area contributed by atoms with Crippen LogP contribution in [0.25, 0.3) is 0 Å². The average Bonchev–Trinajstić information content (AvgIpc) is 2.75. The quantitative estimate of drug-likeness (QED) is 0.735. The van der Waals surface area contributed by atoms with E-state index in [1.807, 2.05) is 0 Å². The highest BCUT2D eigenvalue weighted by Gasteiger charge is 2.38. The molecule has 0 aliphatic carbocycles. The summed E-state index contributed by atoms with van der Waals surface area (Å²) in [6.07, 6.45) is 3.89. The minimum absolute atomic E-state index is 0.0342. The van der Waals surface area contributed by atoms with Gasteiger partial charge in [0.05, 0.1) is 7.11 Å². The third-order valence-corrected chi connectivity index (χ3v) is 5.77. The minimum atomic E-state index is -0.0781. The van der Waals surface area contributed by atoms with Gasteiger partial charge in [0.1, 0.15) is 0 Å². The molecule has 2 heterocycles. The fourth-order valence-electron chi connectivity index (χ4n) is 4.42. The van der Waals surface area contributed by atoms with Crippen molar-refractivity contribution in [1.82, 2.24) is 9.88 Å². The van der Waals surface area contributed by atoms with Gasteiger partial charge in [0.15, 0.2) is 5.75 Å². The lowest BCUT2D eigenvalue weighted by Crippen LogP contribution is -2.46. The number of ether oxygens (including phenoxy) is 1. The van der Waals surface area contributed by atoms with E-state index in [1.165, 1.54) is 18.2 Å². The highest BCUT2D eigenvalue weighted by atomic mass is 16.5. The summed E-state index contributed by atoms with van der Waals surface area (Å²) < 4.78 is 5.08. The van der Waals surface area contributed by atoms with Gasteiger partial charge in [0.25, 0.3) is 0 Å². The predicted molar refractivity (Wildman–Crippen MR) is 112 cm³/mol. The maximum atomic E-state index is 12.1. The molecule has 1 aliphatic heterocycles. The number of hydrogen-bond donors (Lipinski definition) is 1. The molecule has 3 aromatic rings. The minimum Gasteiger partial charge on any atom is -0.491 e. The highest BCUT2D eigenvalue weighted by Crippen LogP contribution is 2.40. The number of methoxy groups -OCH3 is 1. The van der Waals surface area contributed by atoms with Crippen molar-refractivity contribution < 1.29 is 4.74 Å². The summed E-state index contributed by atoms with van der Waals surface area (Å²) in [6, 6.07) is 23.3. The molecule has 0 radical (unpaired) electrons. The van der Waals surface area contributed by atoms with Gasteiger partial charge in [0.2, 0.25) is 5.43 Å². The van der Waals surface area contributed by atoms with Crippen molar-refractivity contribution in [3.8, 4) is 5.75 Å². The van der Waals surface area contributed by atoms with Gasteiger partial charge in [-0.2, -0.15) is 0 Å². The van der Waals surface area contributed by atoms with Crippen LogP contribution < -0.4 is 10.2 Å². The molecular weight excluding hydrogens is 348 g/mol. The molecule has 0 atom stereocenters. The van der Waals surface area contributed by atoms with Crippen LogP contribution in [-0.2, 0) is 12.0 Å². The van der Waals surface area contributed by atoms with Crippen LogP contribution >= 0.6 is 0 Å². The number of benzene rings is 2. The van der Waals surface area contributed by atoms with E-state index in [0.29, 0.717) is 5.75 Å². The summed E-state index contributed by atoms with van der Waals surface area (Å²) in [4.78, 5) is 17.8. The van der Waals surface area contributed by atoms with Gasteiger partial charge in [0, 0.05) is 36.5 Å². The number of aromatic nitrogens is 1. The van der Waals surface area contributed by atoms with Crippen LogP contribution in [0.1, 0.15) is 29.7 Å². The first-order chi connectivity index (χ1) is 13.7. The second kappa shape index (κ2) is 8.03. The fourth-order valence-corrected chi connectivity index (χ4v) is 4.42. The number of aromatic amines is 1. The molecule has 4 heteroatoms. The first-order valence-corrected chi connectivity index (χ1v) is 9.80. The first-order valence-electron chi connectivity index (χ1n) is 9.80. The Balaban J connectivity index is 1.65. The summed E-state index contributed by atoms with van der Waals surface area (Å²) in [5, 5.41) is 0. The van der Waals surface area contributed by atoms with Gasteiger partial charge in [-0.25, -0.2) is 0 Å². The average molecular weight is 374 g/mol. The molecule has 4 nitrogen and oxygen atoms in total. The second-order valence-electron chi connectivity index (χ2n) is 7.52. The summed E-state index contributed by atoms with van der Waals surface area (Å²) >= 11 is 0.